The molecule has 1 rings (SSSR count). The fourth-order valence-electron chi connectivity index (χ4n) is 1.34. The molecule has 6 heteroatoms. The molecule has 1 fully saturated rings. The third kappa shape index (κ3) is 2.43. The Morgan fingerprint density at radius 2 is 1.29 bits per heavy atom. The predicted molar refractivity (Wildman–Crippen MR) is 47.3 cm³/mol. The smallest absolute Gasteiger partial charge is 0.243 e. The van der Waals surface area contributed by atoms with Crippen molar-refractivity contribution in [3.63, 3.8) is 0 Å². The Labute approximate surface area is 81.3 Å². The van der Waals surface area contributed by atoms with E-state index in [1.807, 2.05) is 0 Å². The van der Waals surface area contributed by atoms with E-state index in [9.17, 15) is 9.59 Å². The summed E-state index contributed by atoms with van der Waals surface area (Å²) in [6.07, 6.45) is 0.423. The number of nitrogens with one attached hydrogen (secondary N) is 2. The Morgan fingerprint density at radius 3 is 1.57 bits per heavy atom. The number of aliphatic hydroxyl groups is 2. The topological polar surface area (TPSA) is 98.7 Å². The van der Waals surface area contributed by atoms with E-state index in [1.165, 1.54) is 0 Å². The molecule has 2 unspecified atom stereocenters. The molecule has 1 saturated heterocycles. The standard InChI is InChI=1S/C8H14N2O4/c11-3-1-5-7(13)10-6(2-4-12)8(14)9-5/h5-6,11-12H,1-4H2,(H,9,14)(H,10,13). The molecule has 0 bridgehead atoms. The predicted octanol–water partition coefficient (Wildman–Crippen LogP) is -2.27. The molecule has 14 heavy (non-hydrogen) atoms. The van der Waals surface area contributed by atoms with Crippen LogP contribution in [0.4, 0.5) is 0 Å². The lowest BCUT2D eigenvalue weighted by Gasteiger charge is -2.28. The highest BCUT2D eigenvalue weighted by molar-refractivity contribution is 5.96. The van der Waals surface area contributed by atoms with Crippen LogP contribution in [0.2, 0.25) is 0 Å². The van der Waals surface area contributed by atoms with Crippen LogP contribution in [-0.4, -0.2) is 47.3 Å². The third-order valence-electron chi connectivity index (χ3n) is 2.10. The van der Waals surface area contributed by atoms with E-state index < -0.39 is 12.1 Å². The lowest BCUT2D eigenvalue weighted by Crippen LogP contribution is -2.61. The second-order valence-corrected chi connectivity index (χ2v) is 3.15. The van der Waals surface area contributed by atoms with E-state index in [4.69, 9.17) is 10.2 Å². The molecule has 2 atom stereocenters. The molecule has 1 aliphatic heterocycles. The Balaban J connectivity index is 2.53. The zero-order chi connectivity index (χ0) is 10.6. The van der Waals surface area contributed by atoms with Gasteiger partial charge in [-0.05, 0) is 12.8 Å². The summed E-state index contributed by atoms with van der Waals surface area (Å²) in [6.45, 7) is -0.300. The maximum atomic E-state index is 11.3. The molecule has 6 nitrogen and oxygen atoms in total. The van der Waals surface area contributed by atoms with Crippen molar-refractivity contribution >= 4 is 11.8 Å². The molecule has 4 N–H and O–H groups in total. The highest BCUT2D eigenvalue weighted by atomic mass is 16.3. The molecule has 0 aromatic carbocycles. The van der Waals surface area contributed by atoms with Crippen LogP contribution in [0.5, 0.6) is 0 Å². The summed E-state index contributed by atoms with van der Waals surface area (Å²) in [5, 5.41) is 22.2. The van der Waals surface area contributed by atoms with Gasteiger partial charge in [-0.25, -0.2) is 0 Å². The maximum Gasteiger partial charge on any atom is 0.243 e. The summed E-state index contributed by atoms with van der Waals surface area (Å²) in [5.41, 5.74) is 0. The minimum absolute atomic E-state index is 0.150. The summed E-state index contributed by atoms with van der Waals surface area (Å²) in [4.78, 5) is 22.6. The zero-order valence-electron chi connectivity index (χ0n) is 7.69. The van der Waals surface area contributed by atoms with Crippen LogP contribution in [-0.2, 0) is 9.59 Å². The van der Waals surface area contributed by atoms with E-state index in [0.717, 1.165) is 0 Å². The average molecular weight is 202 g/mol. The Hall–Kier alpha value is -1.14. The van der Waals surface area contributed by atoms with Gasteiger partial charge in [0.15, 0.2) is 0 Å². The number of piperazine rings is 1. The lowest BCUT2D eigenvalue weighted by atomic mass is 10.1. The van der Waals surface area contributed by atoms with Gasteiger partial charge in [-0.15, -0.1) is 0 Å². The van der Waals surface area contributed by atoms with Crippen molar-refractivity contribution in [1.29, 1.82) is 0 Å². The van der Waals surface area contributed by atoms with Crippen molar-refractivity contribution in [3.8, 4) is 0 Å². The van der Waals surface area contributed by atoms with Crippen LogP contribution < -0.4 is 10.6 Å². The summed E-state index contributed by atoms with van der Waals surface area (Å²) < 4.78 is 0. The molecule has 1 aliphatic rings. The molecule has 0 aliphatic carbocycles. The number of aliphatic hydroxyl groups excluding tert-OH is 2. The Kier molecular flexibility index (Phi) is 3.84. The zero-order valence-corrected chi connectivity index (χ0v) is 7.69. The van der Waals surface area contributed by atoms with Crippen LogP contribution >= 0.6 is 0 Å². The van der Waals surface area contributed by atoms with E-state index in [-0.39, 0.29) is 37.9 Å². The van der Waals surface area contributed by atoms with Crippen LogP contribution in [0, 0.1) is 0 Å². The van der Waals surface area contributed by atoms with Crippen LogP contribution in [0.3, 0.4) is 0 Å². The largest absolute Gasteiger partial charge is 0.396 e. The van der Waals surface area contributed by atoms with Gasteiger partial charge in [0.1, 0.15) is 12.1 Å². The second kappa shape index (κ2) is 4.92. The molecule has 0 spiro atoms. The number of amides is 2. The van der Waals surface area contributed by atoms with Gasteiger partial charge in [-0.2, -0.15) is 0 Å². The molecule has 2 amide bonds. The van der Waals surface area contributed by atoms with Gasteiger partial charge in [0, 0.05) is 13.2 Å². The molecule has 0 aromatic heterocycles. The van der Waals surface area contributed by atoms with E-state index in [0.29, 0.717) is 0 Å². The van der Waals surface area contributed by atoms with Gasteiger partial charge in [-0.3, -0.25) is 9.59 Å². The first-order valence-corrected chi connectivity index (χ1v) is 4.51. The monoisotopic (exact) mass is 202 g/mol. The van der Waals surface area contributed by atoms with Gasteiger partial charge in [0.25, 0.3) is 0 Å². The van der Waals surface area contributed by atoms with Crippen molar-refractivity contribution < 1.29 is 19.8 Å². The minimum Gasteiger partial charge on any atom is -0.396 e. The van der Waals surface area contributed by atoms with Gasteiger partial charge in [0.05, 0.1) is 0 Å². The molecule has 0 saturated carbocycles. The highest BCUT2D eigenvalue weighted by Gasteiger charge is 2.32. The number of rotatable bonds is 4. The summed E-state index contributed by atoms with van der Waals surface area (Å²) in [6, 6.07) is -1.30. The van der Waals surface area contributed by atoms with Crippen LogP contribution in [0.15, 0.2) is 0 Å². The molecule has 80 valence electrons. The number of carbonyl (C=O) groups excluding carboxylic acids is 2. The maximum absolute atomic E-state index is 11.3. The van der Waals surface area contributed by atoms with Crippen LogP contribution in [0.25, 0.3) is 0 Å². The van der Waals surface area contributed by atoms with Gasteiger partial charge < -0.3 is 20.8 Å². The van der Waals surface area contributed by atoms with Gasteiger partial charge in [-0.1, -0.05) is 0 Å². The van der Waals surface area contributed by atoms with Crippen molar-refractivity contribution in [2.45, 2.75) is 24.9 Å². The SMILES string of the molecule is O=C1NC(CCO)C(=O)NC1CCO. The molecular formula is C8H14N2O4. The molecular weight excluding hydrogens is 188 g/mol. The minimum atomic E-state index is -0.651. The van der Waals surface area contributed by atoms with E-state index in [1.54, 1.807) is 0 Å². The number of hydrogen-bond donors (Lipinski definition) is 4. The van der Waals surface area contributed by atoms with Crippen molar-refractivity contribution in [2.24, 2.45) is 0 Å². The van der Waals surface area contributed by atoms with Crippen LogP contribution in [0.1, 0.15) is 12.8 Å². The molecule has 0 radical (unpaired) electrons. The normalized spacial score (nSPS) is 27.0. The van der Waals surface area contributed by atoms with Gasteiger partial charge >= 0.3 is 0 Å². The highest BCUT2D eigenvalue weighted by Crippen LogP contribution is 2.03. The number of carbonyl (C=O) groups is 2. The Bertz CT molecular complexity index is 207. The fraction of sp³-hybridized carbons (Fsp3) is 0.750. The fourth-order valence-corrected chi connectivity index (χ4v) is 1.34. The summed E-state index contributed by atoms with van der Waals surface area (Å²) in [7, 11) is 0. The second-order valence-electron chi connectivity index (χ2n) is 3.15. The quantitative estimate of drug-likeness (QED) is 0.413. The third-order valence-corrected chi connectivity index (χ3v) is 2.10. The van der Waals surface area contributed by atoms with Crippen molar-refractivity contribution in [2.75, 3.05) is 13.2 Å². The summed E-state index contributed by atoms with van der Waals surface area (Å²) in [5.74, 6) is -0.616. The first-order valence-electron chi connectivity index (χ1n) is 4.51. The van der Waals surface area contributed by atoms with E-state index >= 15 is 0 Å². The lowest BCUT2D eigenvalue weighted by molar-refractivity contribution is -0.137. The first kappa shape index (κ1) is 10.9. The van der Waals surface area contributed by atoms with Gasteiger partial charge in [0.2, 0.25) is 11.8 Å². The first-order chi connectivity index (χ1) is 6.69. The summed E-state index contributed by atoms with van der Waals surface area (Å²) >= 11 is 0. The van der Waals surface area contributed by atoms with E-state index in [2.05, 4.69) is 10.6 Å². The number of hydrogen-bond acceptors (Lipinski definition) is 4. The van der Waals surface area contributed by atoms with Crippen molar-refractivity contribution in [3.05, 3.63) is 0 Å². The molecule has 0 aromatic rings. The molecule has 1 heterocycles. The van der Waals surface area contributed by atoms with Crippen molar-refractivity contribution in [1.82, 2.24) is 10.6 Å². The average Bonchev–Trinajstić information content (AvgIpc) is 2.14. The Morgan fingerprint density at radius 1 is 0.929 bits per heavy atom.